The van der Waals surface area contributed by atoms with Crippen LogP contribution >= 0.6 is 11.6 Å². The molecule has 2 aromatic carbocycles. The highest BCUT2D eigenvalue weighted by Gasteiger charge is 2.31. The third kappa shape index (κ3) is 4.62. The minimum absolute atomic E-state index is 0.0289. The zero-order chi connectivity index (χ0) is 26.2. The summed E-state index contributed by atoms with van der Waals surface area (Å²) in [6.07, 6.45) is 3.21. The Morgan fingerprint density at radius 1 is 0.974 bits per heavy atom. The van der Waals surface area contributed by atoms with Crippen molar-refractivity contribution in [3.63, 3.8) is 0 Å². The van der Waals surface area contributed by atoms with Crippen LogP contribution in [0.3, 0.4) is 0 Å². The number of rotatable bonds is 5. The minimum Gasteiger partial charge on any atom is -0.493 e. The van der Waals surface area contributed by atoms with Crippen LogP contribution in [0.15, 0.2) is 46.2 Å². The van der Waals surface area contributed by atoms with Gasteiger partial charge in [-0.15, -0.1) is 0 Å². The summed E-state index contributed by atoms with van der Waals surface area (Å²) < 4.78 is 11.1. The fraction of sp³-hybridized carbons (Fsp3) is 0.414. The van der Waals surface area contributed by atoms with Gasteiger partial charge in [0.15, 0.2) is 11.5 Å². The highest BCUT2D eigenvalue weighted by Crippen LogP contribution is 2.36. The number of aromatic amines is 1. The Kier molecular flexibility index (Phi) is 6.74. The number of nitrogens with one attached hydrogen (secondary N) is 1. The summed E-state index contributed by atoms with van der Waals surface area (Å²) in [4.78, 5) is 30.8. The summed E-state index contributed by atoms with van der Waals surface area (Å²) >= 11 is 6.04. The summed E-state index contributed by atoms with van der Waals surface area (Å²) in [6, 6.07) is 12.0. The second kappa shape index (κ2) is 10.3. The first-order valence-corrected chi connectivity index (χ1v) is 13.6. The van der Waals surface area contributed by atoms with Crippen molar-refractivity contribution in [3.8, 4) is 11.5 Å². The second-order valence-corrected chi connectivity index (χ2v) is 10.5. The van der Waals surface area contributed by atoms with Gasteiger partial charge in [-0.1, -0.05) is 11.6 Å². The monoisotopic (exact) mass is 533 g/mol. The average molecular weight is 534 g/mol. The van der Waals surface area contributed by atoms with E-state index >= 15 is 0 Å². The molecule has 0 amide bonds. The fourth-order valence-corrected chi connectivity index (χ4v) is 6.04. The van der Waals surface area contributed by atoms with Crippen molar-refractivity contribution in [1.82, 2.24) is 9.97 Å². The van der Waals surface area contributed by atoms with Crippen molar-refractivity contribution in [1.29, 1.82) is 0 Å². The first-order chi connectivity index (χ1) is 18.5. The Balaban J connectivity index is 1.19. The van der Waals surface area contributed by atoms with Crippen LogP contribution in [0, 0.1) is 5.92 Å². The molecule has 0 bridgehead atoms. The maximum absolute atomic E-state index is 13.3. The van der Waals surface area contributed by atoms with E-state index in [1.165, 1.54) is 5.56 Å². The summed E-state index contributed by atoms with van der Waals surface area (Å²) in [5.74, 6) is 2.30. The molecule has 0 radical (unpaired) electrons. The molecule has 2 aliphatic heterocycles. The Bertz CT molecular complexity index is 1430. The molecule has 198 valence electrons. The summed E-state index contributed by atoms with van der Waals surface area (Å²) in [7, 11) is 3.31. The van der Waals surface area contributed by atoms with Crippen molar-refractivity contribution in [3.05, 3.63) is 74.2 Å². The van der Waals surface area contributed by atoms with E-state index < -0.39 is 0 Å². The zero-order valence-electron chi connectivity index (χ0n) is 21.8. The molecular weight excluding hydrogens is 502 g/mol. The van der Waals surface area contributed by atoms with Gasteiger partial charge in [-0.3, -0.25) is 14.8 Å². The number of hydrogen-bond acceptors (Lipinski definition) is 7. The molecule has 1 unspecified atom stereocenters. The van der Waals surface area contributed by atoms with E-state index in [-0.39, 0.29) is 11.5 Å². The van der Waals surface area contributed by atoms with E-state index in [0.717, 1.165) is 91.0 Å². The first-order valence-electron chi connectivity index (χ1n) is 13.2. The van der Waals surface area contributed by atoms with Crippen molar-refractivity contribution >= 4 is 28.9 Å². The van der Waals surface area contributed by atoms with E-state index in [9.17, 15) is 4.79 Å². The molecule has 1 N–H and O–H groups in total. The molecule has 0 saturated carbocycles. The number of aryl methyl sites for hydroxylation is 1. The van der Waals surface area contributed by atoms with Crippen molar-refractivity contribution in [2.24, 2.45) is 10.9 Å². The molecule has 9 heteroatoms. The van der Waals surface area contributed by atoms with Crippen LogP contribution in [0.25, 0.3) is 0 Å². The van der Waals surface area contributed by atoms with Crippen LogP contribution in [0.2, 0.25) is 5.02 Å². The molecule has 3 heterocycles. The van der Waals surface area contributed by atoms with Gasteiger partial charge in [0.1, 0.15) is 0 Å². The maximum atomic E-state index is 13.3. The number of aliphatic imine (C=N–C) groups is 1. The lowest BCUT2D eigenvalue weighted by Gasteiger charge is -2.36. The number of piperazine rings is 1. The lowest BCUT2D eigenvalue weighted by atomic mass is 9.79. The molecule has 1 atom stereocenters. The topological polar surface area (TPSA) is 83.0 Å². The van der Waals surface area contributed by atoms with Crippen LogP contribution in [0.4, 0.5) is 11.6 Å². The highest BCUT2D eigenvalue weighted by atomic mass is 35.5. The Hall–Kier alpha value is -3.52. The molecule has 3 aliphatic rings. The van der Waals surface area contributed by atoms with Crippen LogP contribution in [0.5, 0.6) is 11.5 Å². The van der Waals surface area contributed by atoms with E-state index in [1.54, 1.807) is 14.2 Å². The van der Waals surface area contributed by atoms with Crippen LogP contribution in [0.1, 0.15) is 28.8 Å². The minimum atomic E-state index is -0.0289. The number of fused-ring (bicyclic) bond motifs is 2. The van der Waals surface area contributed by atoms with E-state index in [4.69, 9.17) is 31.1 Å². The normalized spacial score (nSPS) is 18.9. The van der Waals surface area contributed by atoms with Gasteiger partial charge >= 0.3 is 0 Å². The van der Waals surface area contributed by atoms with Crippen LogP contribution in [-0.2, 0) is 19.3 Å². The summed E-state index contributed by atoms with van der Waals surface area (Å²) in [5, 5.41) is 0.741. The smallest absolute Gasteiger partial charge is 0.255 e. The number of hydrogen-bond donors (Lipinski definition) is 1. The molecule has 8 nitrogen and oxygen atoms in total. The molecule has 3 aromatic rings. The molecule has 1 fully saturated rings. The number of methoxy groups -OCH3 is 2. The molecule has 0 spiro atoms. The fourth-order valence-electron chi connectivity index (χ4n) is 5.92. The zero-order valence-corrected chi connectivity index (χ0v) is 22.6. The molecule has 1 aliphatic carbocycles. The number of benzene rings is 2. The van der Waals surface area contributed by atoms with Crippen molar-refractivity contribution in [2.75, 3.05) is 56.7 Å². The number of ether oxygens (including phenoxy) is 2. The van der Waals surface area contributed by atoms with Gasteiger partial charge < -0.3 is 19.3 Å². The number of anilines is 2. The Morgan fingerprint density at radius 2 is 1.68 bits per heavy atom. The molecular formula is C29H32ClN5O3. The molecule has 6 rings (SSSR count). The highest BCUT2D eigenvalue weighted by molar-refractivity contribution is 6.30. The maximum Gasteiger partial charge on any atom is 0.255 e. The summed E-state index contributed by atoms with van der Waals surface area (Å²) in [6.45, 7) is 4.06. The van der Waals surface area contributed by atoms with Gasteiger partial charge in [0.25, 0.3) is 5.56 Å². The lowest BCUT2D eigenvalue weighted by Crippen LogP contribution is -2.47. The van der Waals surface area contributed by atoms with Gasteiger partial charge in [-0.2, -0.15) is 0 Å². The van der Waals surface area contributed by atoms with Crippen LogP contribution < -0.4 is 24.8 Å². The second-order valence-electron chi connectivity index (χ2n) is 10.1. The van der Waals surface area contributed by atoms with Gasteiger partial charge in [0.05, 0.1) is 19.9 Å². The number of aromatic nitrogens is 2. The van der Waals surface area contributed by atoms with E-state index in [1.807, 2.05) is 18.2 Å². The lowest BCUT2D eigenvalue weighted by molar-refractivity contribution is 0.354. The number of nitrogens with zero attached hydrogens (tertiary/aromatic N) is 4. The summed E-state index contributed by atoms with van der Waals surface area (Å²) in [5.41, 5.74) is 6.25. The predicted molar refractivity (Wildman–Crippen MR) is 151 cm³/mol. The SMILES string of the molecule is COc1cc2c(cc1OC)C(C1CCc3nc(N4CCN(c5ccc(Cl)cc5)CC4)[nH]c(=O)c3C1)=NCC2. The largest absolute Gasteiger partial charge is 0.493 e. The van der Waals surface area contributed by atoms with Gasteiger partial charge in [0, 0.05) is 66.2 Å². The van der Waals surface area contributed by atoms with Crippen molar-refractivity contribution < 1.29 is 9.47 Å². The van der Waals surface area contributed by atoms with E-state index in [0.29, 0.717) is 18.1 Å². The van der Waals surface area contributed by atoms with Gasteiger partial charge in [0.2, 0.25) is 5.95 Å². The van der Waals surface area contributed by atoms with Crippen LogP contribution in [-0.4, -0.2) is 62.6 Å². The number of H-pyrrole nitrogens is 1. The first kappa shape index (κ1) is 24.8. The quantitative estimate of drug-likeness (QED) is 0.535. The molecule has 1 aromatic heterocycles. The molecule has 38 heavy (non-hydrogen) atoms. The Labute approximate surface area is 227 Å². The third-order valence-electron chi connectivity index (χ3n) is 7.98. The Morgan fingerprint density at radius 3 is 2.42 bits per heavy atom. The number of halogens is 1. The third-order valence-corrected chi connectivity index (χ3v) is 8.23. The standard InChI is InChI=1S/C29H32ClN5O3/c1-37-25-16-18-9-10-31-27(22(18)17-26(25)38-2)19-3-8-24-23(15-19)28(36)33-29(32-24)35-13-11-34(12-14-35)21-6-4-20(30)5-7-21/h4-7,16-17,19H,3,8-15H2,1-2H3,(H,32,33,36). The van der Waals surface area contributed by atoms with E-state index in [2.05, 4.69) is 33.0 Å². The molecule has 1 saturated heterocycles. The predicted octanol–water partition coefficient (Wildman–Crippen LogP) is 3.92. The van der Waals surface area contributed by atoms with Crippen molar-refractivity contribution in [2.45, 2.75) is 25.7 Å². The van der Waals surface area contributed by atoms with Gasteiger partial charge in [-0.05, 0) is 67.6 Å². The van der Waals surface area contributed by atoms with Gasteiger partial charge in [-0.25, -0.2) is 4.98 Å². The average Bonchev–Trinajstić information content (AvgIpc) is 2.96.